The minimum absolute atomic E-state index is 0.0565. The first-order chi connectivity index (χ1) is 10.1. The van der Waals surface area contributed by atoms with E-state index in [0.717, 1.165) is 25.1 Å². The third-order valence-electron chi connectivity index (χ3n) is 3.94. The number of hydrogen-bond donors (Lipinski definition) is 2. The lowest BCUT2D eigenvalue weighted by Gasteiger charge is -2.30. The van der Waals surface area contributed by atoms with Crippen molar-refractivity contribution in [3.05, 3.63) is 23.8 Å². The van der Waals surface area contributed by atoms with Crippen LogP contribution >= 0.6 is 0 Å². The van der Waals surface area contributed by atoms with Gasteiger partial charge < -0.3 is 20.1 Å². The molecule has 0 aliphatic carbocycles. The van der Waals surface area contributed by atoms with Crippen molar-refractivity contribution in [2.24, 2.45) is 5.92 Å². The number of hydrogen-bond acceptors (Lipinski definition) is 4. The standard InChI is InChI=1S/C16H24N2O3/c1-11-10-17-7-6-13(11)18-16(19)9-12-4-5-14(20-2)15(8-12)21-3/h4-5,8,11,13,17H,6-7,9-10H2,1-3H3,(H,18,19). The molecule has 0 bridgehead atoms. The molecule has 1 saturated heterocycles. The van der Waals surface area contributed by atoms with E-state index in [0.29, 0.717) is 23.8 Å². The molecule has 2 unspecified atom stereocenters. The molecule has 2 atom stereocenters. The Balaban J connectivity index is 1.96. The van der Waals surface area contributed by atoms with E-state index < -0.39 is 0 Å². The van der Waals surface area contributed by atoms with Gasteiger partial charge in [0.25, 0.3) is 0 Å². The molecule has 1 aromatic carbocycles. The average molecular weight is 292 g/mol. The molecule has 1 fully saturated rings. The van der Waals surface area contributed by atoms with Gasteiger partial charge in [-0.15, -0.1) is 0 Å². The van der Waals surface area contributed by atoms with Crippen LogP contribution in [0.25, 0.3) is 0 Å². The normalized spacial score (nSPS) is 21.7. The van der Waals surface area contributed by atoms with Crippen LogP contribution in [0.2, 0.25) is 0 Å². The molecule has 5 heteroatoms. The number of ether oxygens (including phenoxy) is 2. The summed E-state index contributed by atoms with van der Waals surface area (Å²) in [7, 11) is 3.20. The molecule has 0 saturated carbocycles. The molecule has 5 nitrogen and oxygen atoms in total. The molecule has 21 heavy (non-hydrogen) atoms. The van der Waals surface area contributed by atoms with Gasteiger partial charge in [0.2, 0.25) is 5.91 Å². The SMILES string of the molecule is COc1ccc(CC(=O)NC2CCNCC2C)cc1OC. The molecule has 0 spiro atoms. The van der Waals surface area contributed by atoms with Crippen LogP contribution < -0.4 is 20.1 Å². The summed E-state index contributed by atoms with van der Waals surface area (Å²) in [6.07, 6.45) is 1.34. The summed E-state index contributed by atoms with van der Waals surface area (Å²) < 4.78 is 10.5. The molecule has 1 aromatic rings. The highest BCUT2D eigenvalue weighted by atomic mass is 16.5. The lowest BCUT2D eigenvalue weighted by molar-refractivity contribution is -0.121. The summed E-state index contributed by atoms with van der Waals surface area (Å²) >= 11 is 0. The third-order valence-corrected chi connectivity index (χ3v) is 3.94. The van der Waals surface area contributed by atoms with Gasteiger partial charge in [-0.2, -0.15) is 0 Å². The van der Waals surface area contributed by atoms with E-state index in [1.807, 2.05) is 18.2 Å². The summed E-state index contributed by atoms with van der Waals surface area (Å²) in [4.78, 5) is 12.2. The van der Waals surface area contributed by atoms with Crippen molar-refractivity contribution in [3.63, 3.8) is 0 Å². The zero-order valence-electron chi connectivity index (χ0n) is 12.9. The number of piperidine rings is 1. The summed E-state index contributed by atoms with van der Waals surface area (Å²) in [6, 6.07) is 5.84. The Kier molecular flexibility index (Phi) is 5.44. The predicted molar refractivity (Wildman–Crippen MR) is 81.8 cm³/mol. The molecule has 116 valence electrons. The van der Waals surface area contributed by atoms with Crippen molar-refractivity contribution in [1.82, 2.24) is 10.6 Å². The van der Waals surface area contributed by atoms with Gasteiger partial charge in [0.05, 0.1) is 20.6 Å². The van der Waals surface area contributed by atoms with Gasteiger partial charge in [0, 0.05) is 6.04 Å². The molecule has 1 amide bonds. The van der Waals surface area contributed by atoms with Crippen LogP contribution in [0.15, 0.2) is 18.2 Å². The quantitative estimate of drug-likeness (QED) is 0.860. The van der Waals surface area contributed by atoms with Crippen molar-refractivity contribution >= 4 is 5.91 Å². The van der Waals surface area contributed by atoms with Gasteiger partial charge in [-0.05, 0) is 43.1 Å². The largest absolute Gasteiger partial charge is 0.493 e. The molecular weight excluding hydrogens is 268 g/mol. The number of carbonyl (C=O) groups is 1. The Hall–Kier alpha value is -1.75. The summed E-state index contributed by atoms with van der Waals surface area (Å²) in [5, 5.41) is 6.47. The zero-order valence-corrected chi connectivity index (χ0v) is 12.9. The predicted octanol–water partition coefficient (Wildman–Crippen LogP) is 1.36. The maximum absolute atomic E-state index is 12.2. The second-order valence-electron chi connectivity index (χ2n) is 5.51. The molecule has 1 aliphatic rings. The van der Waals surface area contributed by atoms with Crippen LogP contribution in [0.4, 0.5) is 0 Å². The fourth-order valence-electron chi connectivity index (χ4n) is 2.66. The zero-order chi connectivity index (χ0) is 15.2. The van der Waals surface area contributed by atoms with E-state index in [1.54, 1.807) is 14.2 Å². The van der Waals surface area contributed by atoms with E-state index in [-0.39, 0.29) is 11.9 Å². The fraction of sp³-hybridized carbons (Fsp3) is 0.562. The van der Waals surface area contributed by atoms with Gasteiger partial charge in [0.15, 0.2) is 11.5 Å². The molecule has 2 N–H and O–H groups in total. The molecule has 0 radical (unpaired) electrons. The van der Waals surface area contributed by atoms with Gasteiger partial charge in [-0.3, -0.25) is 4.79 Å². The topological polar surface area (TPSA) is 59.6 Å². The van der Waals surface area contributed by atoms with Gasteiger partial charge in [0.1, 0.15) is 0 Å². The van der Waals surface area contributed by atoms with Crippen molar-refractivity contribution in [2.75, 3.05) is 27.3 Å². The second kappa shape index (κ2) is 7.31. The number of rotatable bonds is 5. The van der Waals surface area contributed by atoms with Crippen molar-refractivity contribution in [2.45, 2.75) is 25.8 Å². The smallest absolute Gasteiger partial charge is 0.224 e. The molecule has 1 aliphatic heterocycles. The summed E-state index contributed by atoms with van der Waals surface area (Å²) in [5.41, 5.74) is 0.923. The maximum Gasteiger partial charge on any atom is 0.224 e. The van der Waals surface area contributed by atoms with Gasteiger partial charge in [-0.25, -0.2) is 0 Å². The second-order valence-corrected chi connectivity index (χ2v) is 5.51. The van der Waals surface area contributed by atoms with Gasteiger partial charge >= 0.3 is 0 Å². The Bertz CT molecular complexity index is 490. The number of methoxy groups -OCH3 is 2. The van der Waals surface area contributed by atoms with E-state index in [2.05, 4.69) is 17.6 Å². The number of nitrogens with one attached hydrogen (secondary N) is 2. The van der Waals surface area contributed by atoms with Crippen molar-refractivity contribution < 1.29 is 14.3 Å². The van der Waals surface area contributed by atoms with E-state index >= 15 is 0 Å². The van der Waals surface area contributed by atoms with E-state index in [4.69, 9.17) is 9.47 Å². The Labute approximate surface area is 126 Å². The van der Waals surface area contributed by atoms with Crippen LogP contribution in [-0.2, 0) is 11.2 Å². The van der Waals surface area contributed by atoms with Crippen LogP contribution in [0.5, 0.6) is 11.5 Å². The average Bonchev–Trinajstić information content (AvgIpc) is 2.49. The minimum atomic E-state index is 0.0565. The summed E-state index contributed by atoms with van der Waals surface area (Å²) in [5.74, 6) is 1.85. The fourth-order valence-corrected chi connectivity index (χ4v) is 2.66. The Morgan fingerprint density at radius 1 is 1.33 bits per heavy atom. The minimum Gasteiger partial charge on any atom is -0.493 e. The lowest BCUT2D eigenvalue weighted by Crippen LogP contribution is -2.48. The van der Waals surface area contributed by atoms with Gasteiger partial charge in [-0.1, -0.05) is 13.0 Å². The number of amides is 1. The first-order valence-corrected chi connectivity index (χ1v) is 7.35. The van der Waals surface area contributed by atoms with E-state index in [9.17, 15) is 4.79 Å². The molecule has 0 aromatic heterocycles. The lowest BCUT2D eigenvalue weighted by atomic mass is 9.95. The molecule has 1 heterocycles. The van der Waals surface area contributed by atoms with Crippen molar-refractivity contribution in [3.8, 4) is 11.5 Å². The van der Waals surface area contributed by atoms with E-state index in [1.165, 1.54) is 0 Å². The monoisotopic (exact) mass is 292 g/mol. The van der Waals surface area contributed by atoms with Crippen LogP contribution in [0.3, 0.4) is 0 Å². The third kappa shape index (κ3) is 4.11. The highest BCUT2D eigenvalue weighted by molar-refractivity contribution is 5.79. The van der Waals surface area contributed by atoms with Crippen molar-refractivity contribution in [1.29, 1.82) is 0 Å². The first-order valence-electron chi connectivity index (χ1n) is 7.35. The Morgan fingerprint density at radius 3 is 2.76 bits per heavy atom. The summed E-state index contributed by atoms with van der Waals surface area (Å²) in [6.45, 7) is 4.08. The molecular formula is C16H24N2O3. The molecule has 2 rings (SSSR count). The highest BCUT2D eigenvalue weighted by Gasteiger charge is 2.22. The van der Waals surface area contributed by atoms with Crippen LogP contribution in [0.1, 0.15) is 18.9 Å². The number of carbonyl (C=O) groups excluding carboxylic acids is 1. The first kappa shape index (κ1) is 15.6. The van der Waals surface area contributed by atoms with Crippen LogP contribution in [0, 0.1) is 5.92 Å². The van der Waals surface area contributed by atoms with Crippen LogP contribution in [-0.4, -0.2) is 39.3 Å². The number of benzene rings is 1. The highest BCUT2D eigenvalue weighted by Crippen LogP contribution is 2.27. The maximum atomic E-state index is 12.2. The Morgan fingerprint density at radius 2 is 2.10 bits per heavy atom.